The molecule has 1 aromatic rings. The molecule has 0 saturated heterocycles. The summed E-state index contributed by atoms with van der Waals surface area (Å²) in [5.41, 5.74) is 0.984. The van der Waals surface area contributed by atoms with Gasteiger partial charge in [0.05, 0.1) is 6.42 Å². The first kappa shape index (κ1) is 17.7. The van der Waals surface area contributed by atoms with Crippen molar-refractivity contribution in [2.75, 3.05) is 13.1 Å². The first-order valence-electron chi connectivity index (χ1n) is 7.69. The zero-order valence-corrected chi connectivity index (χ0v) is 14.4. The van der Waals surface area contributed by atoms with E-state index >= 15 is 0 Å². The Balaban J connectivity index is 2.67. The lowest BCUT2D eigenvalue weighted by atomic mass is 10.0. The SMILES string of the molecule is CC(C)(C)NCCN(C(=O)Cc1ccccc1)C(C)(C)C. The minimum Gasteiger partial charge on any atom is -0.336 e. The molecule has 1 N–H and O–H groups in total. The summed E-state index contributed by atoms with van der Waals surface area (Å²) in [5.74, 6) is 0.185. The van der Waals surface area contributed by atoms with Crippen LogP contribution in [-0.4, -0.2) is 35.0 Å². The highest BCUT2D eigenvalue weighted by atomic mass is 16.2. The third-order valence-electron chi connectivity index (χ3n) is 3.30. The molecule has 0 aromatic heterocycles. The first-order valence-corrected chi connectivity index (χ1v) is 7.69. The molecule has 0 aliphatic rings. The molecule has 0 saturated carbocycles. The van der Waals surface area contributed by atoms with E-state index in [1.165, 1.54) is 0 Å². The molecule has 0 fully saturated rings. The lowest BCUT2D eigenvalue weighted by molar-refractivity contribution is -0.135. The van der Waals surface area contributed by atoms with Crippen LogP contribution in [0.1, 0.15) is 47.1 Å². The maximum Gasteiger partial charge on any atom is 0.227 e. The van der Waals surface area contributed by atoms with Crippen molar-refractivity contribution in [2.24, 2.45) is 0 Å². The van der Waals surface area contributed by atoms with Gasteiger partial charge < -0.3 is 10.2 Å². The van der Waals surface area contributed by atoms with Crippen LogP contribution in [0.4, 0.5) is 0 Å². The predicted molar refractivity (Wildman–Crippen MR) is 89.4 cm³/mol. The van der Waals surface area contributed by atoms with Crippen LogP contribution in [0.2, 0.25) is 0 Å². The predicted octanol–water partition coefficient (Wildman–Crippen LogP) is 3.24. The van der Waals surface area contributed by atoms with Gasteiger partial charge in [-0.3, -0.25) is 4.79 Å². The maximum atomic E-state index is 12.6. The van der Waals surface area contributed by atoms with Crippen molar-refractivity contribution in [3.63, 3.8) is 0 Å². The standard InChI is InChI=1S/C18H30N2O/c1-17(2,3)19-12-13-20(18(4,5)6)16(21)14-15-10-8-7-9-11-15/h7-11,19H,12-14H2,1-6H3. The molecular formula is C18H30N2O. The Morgan fingerprint density at radius 2 is 1.62 bits per heavy atom. The van der Waals surface area contributed by atoms with E-state index in [0.717, 1.165) is 18.7 Å². The van der Waals surface area contributed by atoms with Crippen molar-refractivity contribution in [1.29, 1.82) is 0 Å². The summed E-state index contributed by atoms with van der Waals surface area (Å²) in [6.45, 7) is 14.2. The van der Waals surface area contributed by atoms with Gasteiger partial charge in [-0.05, 0) is 47.1 Å². The molecule has 3 nitrogen and oxygen atoms in total. The smallest absolute Gasteiger partial charge is 0.227 e. The average Bonchev–Trinajstić information content (AvgIpc) is 2.33. The second-order valence-electron chi connectivity index (χ2n) is 7.56. The van der Waals surface area contributed by atoms with Gasteiger partial charge in [-0.25, -0.2) is 0 Å². The summed E-state index contributed by atoms with van der Waals surface area (Å²) in [6, 6.07) is 9.94. The monoisotopic (exact) mass is 290 g/mol. The van der Waals surface area contributed by atoms with E-state index < -0.39 is 0 Å². The van der Waals surface area contributed by atoms with Gasteiger partial charge in [-0.2, -0.15) is 0 Å². The Morgan fingerprint density at radius 3 is 2.10 bits per heavy atom. The highest BCUT2D eigenvalue weighted by molar-refractivity contribution is 5.79. The molecule has 1 rings (SSSR count). The van der Waals surface area contributed by atoms with Crippen LogP contribution in [0.25, 0.3) is 0 Å². The molecular weight excluding hydrogens is 260 g/mol. The summed E-state index contributed by atoms with van der Waals surface area (Å²) >= 11 is 0. The molecule has 118 valence electrons. The molecule has 0 atom stereocenters. The van der Waals surface area contributed by atoms with Crippen molar-refractivity contribution in [3.8, 4) is 0 Å². The van der Waals surface area contributed by atoms with Crippen LogP contribution in [-0.2, 0) is 11.2 Å². The third kappa shape index (κ3) is 6.76. The van der Waals surface area contributed by atoms with Crippen LogP contribution < -0.4 is 5.32 Å². The van der Waals surface area contributed by atoms with E-state index in [0.29, 0.717) is 6.42 Å². The van der Waals surface area contributed by atoms with Crippen LogP contribution >= 0.6 is 0 Å². The van der Waals surface area contributed by atoms with E-state index in [1.807, 2.05) is 35.2 Å². The van der Waals surface area contributed by atoms with Gasteiger partial charge in [0, 0.05) is 24.2 Å². The molecule has 1 aromatic carbocycles. The van der Waals surface area contributed by atoms with Gasteiger partial charge >= 0.3 is 0 Å². The summed E-state index contributed by atoms with van der Waals surface area (Å²) in [6.07, 6.45) is 0.466. The van der Waals surface area contributed by atoms with Crippen molar-refractivity contribution < 1.29 is 4.79 Å². The lowest BCUT2D eigenvalue weighted by Gasteiger charge is -2.37. The van der Waals surface area contributed by atoms with Crippen LogP contribution in [0, 0.1) is 0 Å². The minimum atomic E-state index is -0.161. The molecule has 0 aliphatic heterocycles. The molecule has 0 heterocycles. The van der Waals surface area contributed by atoms with E-state index in [9.17, 15) is 4.79 Å². The zero-order valence-electron chi connectivity index (χ0n) is 14.4. The first-order chi connectivity index (χ1) is 9.59. The van der Waals surface area contributed by atoms with Crippen molar-refractivity contribution in [2.45, 2.75) is 59.0 Å². The number of rotatable bonds is 5. The van der Waals surface area contributed by atoms with Gasteiger partial charge in [0.15, 0.2) is 0 Å². The highest BCUT2D eigenvalue weighted by Crippen LogP contribution is 2.15. The van der Waals surface area contributed by atoms with Gasteiger partial charge in [-0.1, -0.05) is 30.3 Å². The Labute approximate surface area is 129 Å². The number of hydrogen-bond acceptors (Lipinski definition) is 2. The average molecular weight is 290 g/mol. The molecule has 0 unspecified atom stereocenters. The number of amides is 1. The molecule has 21 heavy (non-hydrogen) atoms. The molecule has 0 radical (unpaired) electrons. The molecule has 3 heteroatoms. The fourth-order valence-electron chi connectivity index (χ4n) is 2.24. The number of benzene rings is 1. The normalized spacial score (nSPS) is 12.3. The number of nitrogens with one attached hydrogen (secondary N) is 1. The number of nitrogens with zero attached hydrogens (tertiary/aromatic N) is 1. The van der Waals surface area contributed by atoms with Gasteiger partial charge in [0.2, 0.25) is 5.91 Å². The minimum absolute atomic E-state index is 0.0754. The summed E-state index contributed by atoms with van der Waals surface area (Å²) in [4.78, 5) is 14.6. The second kappa shape index (κ2) is 7.08. The Bertz CT molecular complexity index is 441. The van der Waals surface area contributed by atoms with E-state index in [1.54, 1.807) is 0 Å². The Hall–Kier alpha value is -1.35. The Morgan fingerprint density at radius 1 is 1.05 bits per heavy atom. The van der Waals surface area contributed by atoms with Crippen LogP contribution in [0.3, 0.4) is 0 Å². The molecule has 0 spiro atoms. The molecule has 0 bridgehead atoms. The Kier molecular flexibility index (Phi) is 5.97. The van der Waals surface area contributed by atoms with Crippen molar-refractivity contribution >= 4 is 5.91 Å². The second-order valence-corrected chi connectivity index (χ2v) is 7.56. The summed E-state index contributed by atoms with van der Waals surface area (Å²) < 4.78 is 0. The maximum absolute atomic E-state index is 12.6. The fraction of sp³-hybridized carbons (Fsp3) is 0.611. The van der Waals surface area contributed by atoms with Gasteiger partial charge in [0.25, 0.3) is 0 Å². The van der Waals surface area contributed by atoms with Crippen molar-refractivity contribution in [1.82, 2.24) is 10.2 Å². The largest absolute Gasteiger partial charge is 0.336 e. The molecule has 1 amide bonds. The van der Waals surface area contributed by atoms with Crippen LogP contribution in [0.5, 0.6) is 0 Å². The quantitative estimate of drug-likeness (QED) is 0.903. The van der Waals surface area contributed by atoms with Gasteiger partial charge in [-0.15, -0.1) is 0 Å². The van der Waals surface area contributed by atoms with Gasteiger partial charge in [0.1, 0.15) is 0 Å². The summed E-state index contributed by atoms with van der Waals surface area (Å²) in [7, 11) is 0. The lowest BCUT2D eigenvalue weighted by Crippen LogP contribution is -2.50. The molecule has 0 aliphatic carbocycles. The topological polar surface area (TPSA) is 32.3 Å². The van der Waals surface area contributed by atoms with Crippen molar-refractivity contribution in [3.05, 3.63) is 35.9 Å². The third-order valence-corrected chi connectivity index (χ3v) is 3.30. The highest BCUT2D eigenvalue weighted by Gasteiger charge is 2.26. The number of carbonyl (C=O) groups is 1. The summed E-state index contributed by atoms with van der Waals surface area (Å²) in [5, 5.41) is 3.45. The van der Waals surface area contributed by atoms with Crippen LogP contribution in [0.15, 0.2) is 30.3 Å². The number of carbonyl (C=O) groups excluding carboxylic acids is 1. The van der Waals surface area contributed by atoms with E-state index in [4.69, 9.17) is 0 Å². The zero-order chi connectivity index (χ0) is 16.1. The number of hydrogen-bond donors (Lipinski definition) is 1. The fourth-order valence-corrected chi connectivity index (χ4v) is 2.24. The van der Waals surface area contributed by atoms with E-state index in [-0.39, 0.29) is 17.0 Å². The van der Waals surface area contributed by atoms with E-state index in [2.05, 4.69) is 46.9 Å².